The molecule has 0 atom stereocenters. The Labute approximate surface area is 354 Å². The first-order valence-corrected chi connectivity index (χ1v) is 21.0. The van der Waals surface area contributed by atoms with Crippen molar-refractivity contribution in [1.82, 2.24) is 4.98 Å². The molecular formula is C58H40N2O. The number of anilines is 3. The van der Waals surface area contributed by atoms with Crippen molar-refractivity contribution in [3.63, 3.8) is 0 Å². The summed E-state index contributed by atoms with van der Waals surface area (Å²) < 4.78 is 6.69. The third-order valence-corrected chi connectivity index (χ3v) is 12.9. The fourth-order valence-electron chi connectivity index (χ4n) is 9.89. The van der Waals surface area contributed by atoms with E-state index in [0.29, 0.717) is 5.89 Å². The number of aromatic nitrogens is 1. The highest BCUT2D eigenvalue weighted by atomic mass is 16.3. The van der Waals surface area contributed by atoms with E-state index in [4.69, 9.17) is 9.40 Å². The van der Waals surface area contributed by atoms with Gasteiger partial charge in [-0.3, -0.25) is 0 Å². The van der Waals surface area contributed by atoms with Gasteiger partial charge in [0.2, 0.25) is 5.89 Å². The molecule has 11 aromatic rings. The van der Waals surface area contributed by atoms with Gasteiger partial charge in [-0.25, -0.2) is 4.98 Å². The van der Waals surface area contributed by atoms with Crippen LogP contribution >= 0.6 is 0 Å². The number of fused-ring (bicyclic) bond motifs is 10. The molecule has 0 bridgehead atoms. The monoisotopic (exact) mass is 780 g/mol. The molecule has 1 aliphatic carbocycles. The van der Waals surface area contributed by atoms with E-state index in [1.54, 1.807) is 0 Å². The van der Waals surface area contributed by atoms with E-state index in [0.717, 1.165) is 44.5 Å². The summed E-state index contributed by atoms with van der Waals surface area (Å²) in [7, 11) is 0. The van der Waals surface area contributed by atoms with Gasteiger partial charge in [-0.2, -0.15) is 0 Å². The average Bonchev–Trinajstić information content (AvgIpc) is 3.86. The lowest BCUT2D eigenvalue weighted by molar-refractivity contribution is 0.623. The van der Waals surface area contributed by atoms with Gasteiger partial charge in [0.1, 0.15) is 5.52 Å². The summed E-state index contributed by atoms with van der Waals surface area (Å²) in [5.74, 6) is 0.636. The van der Waals surface area contributed by atoms with E-state index in [2.05, 4.69) is 207 Å². The first-order valence-electron chi connectivity index (χ1n) is 21.0. The van der Waals surface area contributed by atoms with Crippen LogP contribution in [0.25, 0.3) is 88.3 Å². The smallest absolute Gasteiger partial charge is 0.227 e. The largest absolute Gasteiger partial charge is 0.435 e. The maximum Gasteiger partial charge on any atom is 0.227 e. The fraction of sp³-hybridized carbons (Fsp3) is 0.0517. The van der Waals surface area contributed by atoms with Gasteiger partial charge >= 0.3 is 0 Å². The summed E-state index contributed by atoms with van der Waals surface area (Å²) in [5.41, 5.74) is 15.8. The van der Waals surface area contributed by atoms with Gasteiger partial charge < -0.3 is 9.32 Å². The van der Waals surface area contributed by atoms with Gasteiger partial charge in [-0.05, 0) is 121 Å². The molecule has 61 heavy (non-hydrogen) atoms. The van der Waals surface area contributed by atoms with E-state index < -0.39 is 0 Å². The lowest BCUT2D eigenvalue weighted by atomic mass is 9.81. The van der Waals surface area contributed by atoms with Crippen LogP contribution in [-0.4, -0.2) is 4.98 Å². The van der Waals surface area contributed by atoms with Crippen LogP contribution in [0.1, 0.15) is 25.0 Å². The molecular weight excluding hydrogens is 741 g/mol. The molecule has 1 aliphatic rings. The lowest BCUT2D eigenvalue weighted by Gasteiger charge is -2.29. The van der Waals surface area contributed by atoms with Crippen molar-refractivity contribution < 1.29 is 4.42 Å². The normalized spacial score (nSPS) is 12.9. The molecule has 0 spiro atoms. The zero-order valence-corrected chi connectivity index (χ0v) is 33.9. The zero-order chi connectivity index (χ0) is 40.7. The average molecular weight is 781 g/mol. The SMILES string of the molecule is CC1(C)c2cc(-c3cc4ccccc4c4c3ccc3ccc5nc(-c6ccccc6)oc5c34)ccc2-c2ccc(N(c3ccccc3)c3ccccc3-c3ccccc3)cc21. The van der Waals surface area contributed by atoms with Crippen molar-refractivity contribution in [2.24, 2.45) is 0 Å². The molecule has 0 N–H and O–H groups in total. The maximum absolute atomic E-state index is 6.69. The Bertz CT molecular complexity index is 3490. The Hall–Kier alpha value is -7.75. The molecule has 1 aromatic heterocycles. The van der Waals surface area contributed by atoms with Gasteiger partial charge in [0.15, 0.2) is 5.58 Å². The molecule has 0 amide bonds. The van der Waals surface area contributed by atoms with Crippen LogP contribution in [-0.2, 0) is 5.41 Å². The summed E-state index contributed by atoms with van der Waals surface area (Å²) in [6, 6.07) is 74.4. The van der Waals surface area contributed by atoms with Crippen LogP contribution in [0.2, 0.25) is 0 Å². The van der Waals surface area contributed by atoms with Gasteiger partial charge in [0, 0.05) is 38.7 Å². The molecule has 10 aromatic carbocycles. The van der Waals surface area contributed by atoms with E-state index in [1.165, 1.54) is 66.1 Å². The van der Waals surface area contributed by atoms with Crippen molar-refractivity contribution in [1.29, 1.82) is 0 Å². The van der Waals surface area contributed by atoms with Crippen LogP contribution in [0.3, 0.4) is 0 Å². The van der Waals surface area contributed by atoms with Gasteiger partial charge in [-0.15, -0.1) is 0 Å². The summed E-state index contributed by atoms with van der Waals surface area (Å²) in [5, 5.41) is 7.02. The minimum Gasteiger partial charge on any atom is -0.435 e. The predicted octanol–water partition coefficient (Wildman–Crippen LogP) is 16.1. The molecule has 0 fully saturated rings. The molecule has 3 heteroatoms. The molecule has 288 valence electrons. The fourth-order valence-corrected chi connectivity index (χ4v) is 9.89. The standard InChI is InChI=1S/C58H40N2O/c1-58(2)50-35-41(49-34-40-20-12-13-24-45(40)55-48(49)31-26-38-28-33-52-56(54(38)55)61-57(59-52)39-18-8-4-9-19-39)27-30-46(50)47-32-29-43(36-51(47)58)60(42-21-10-5-11-22-42)53-25-15-14-23-44(53)37-16-6-3-7-17-37/h3-36H,1-2H3. The quantitative estimate of drug-likeness (QED) is 0.157. The van der Waals surface area contributed by atoms with Gasteiger partial charge in [0.25, 0.3) is 0 Å². The lowest BCUT2D eigenvalue weighted by Crippen LogP contribution is -2.17. The van der Waals surface area contributed by atoms with E-state index in [9.17, 15) is 0 Å². The first kappa shape index (κ1) is 35.2. The highest BCUT2D eigenvalue weighted by Crippen LogP contribution is 2.53. The van der Waals surface area contributed by atoms with Crippen LogP contribution in [0.5, 0.6) is 0 Å². The van der Waals surface area contributed by atoms with Crippen molar-refractivity contribution in [3.8, 4) is 44.8 Å². The van der Waals surface area contributed by atoms with Crippen LogP contribution in [0.4, 0.5) is 17.1 Å². The van der Waals surface area contributed by atoms with E-state index in [-0.39, 0.29) is 5.41 Å². The minimum atomic E-state index is -0.253. The van der Waals surface area contributed by atoms with Gasteiger partial charge in [0.05, 0.1) is 5.69 Å². The highest BCUT2D eigenvalue weighted by molar-refractivity contribution is 6.28. The number of nitrogens with zero attached hydrogens (tertiary/aromatic N) is 2. The van der Waals surface area contributed by atoms with Crippen molar-refractivity contribution in [3.05, 3.63) is 217 Å². The van der Waals surface area contributed by atoms with Crippen LogP contribution in [0.15, 0.2) is 211 Å². The first-order chi connectivity index (χ1) is 30.0. The maximum atomic E-state index is 6.69. The molecule has 0 saturated carbocycles. The molecule has 1 heterocycles. The summed E-state index contributed by atoms with van der Waals surface area (Å²) in [4.78, 5) is 7.38. The third-order valence-electron chi connectivity index (χ3n) is 12.9. The molecule has 12 rings (SSSR count). The topological polar surface area (TPSA) is 29.3 Å². The van der Waals surface area contributed by atoms with E-state index in [1.807, 2.05) is 18.2 Å². The minimum absolute atomic E-state index is 0.253. The summed E-state index contributed by atoms with van der Waals surface area (Å²) >= 11 is 0. The van der Waals surface area contributed by atoms with Crippen molar-refractivity contribution in [2.75, 3.05) is 4.90 Å². The summed E-state index contributed by atoms with van der Waals surface area (Å²) in [6.45, 7) is 4.76. The second-order valence-corrected chi connectivity index (χ2v) is 16.7. The number of hydrogen-bond donors (Lipinski definition) is 0. The molecule has 0 saturated heterocycles. The van der Waals surface area contributed by atoms with Crippen molar-refractivity contribution in [2.45, 2.75) is 19.3 Å². The number of para-hydroxylation sites is 2. The summed E-state index contributed by atoms with van der Waals surface area (Å²) in [6.07, 6.45) is 0. The Morgan fingerprint density at radius 2 is 1.08 bits per heavy atom. The second-order valence-electron chi connectivity index (χ2n) is 16.7. The predicted molar refractivity (Wildman–Crippen MR) is 255 cm³/mol. The molecule has 0 unspecified atom stereocenters. The Morgan fingerprint density at radius 1 is 0.426 bits per heavy atom. The number of hydrogen-bond acceptors (Lipinski definition) is 3. The van der Waals surface area contributed by atoms with Crippen LogP contribution in [0, 0.1) is 0 Å². The van der Waals surface area contributed by atoms with E-state index >= 15 is 0 Å². The number of rotatable bonds is 6. The zero-order valence-electron chi connectivity index (χ0n) is 33.9. The Morgan fingerprint density at radius 3 is 1.89 bits per heavy atom. The second kappa shape index (κ2) is 13.7. The Kier molecular flexibility index (Phi) is 7.88. The van der Waals surface area contributed by atoms with Crippen LogP contribution < -0.4 is 4.90 Å². The molecule has 3 nitrogen and oxygen atoms in total. The number of benzene rings is 10. The number of oxazole rings is 1. The molecule has 0 radical (unpaired) electrons. The highest BCUT2D eigenvalue weighted by Gasteiger charge is 2.36. The Balaban J connectivity index is 1.02. The molecule has 0 aliphatic heterocycles. The van der Waals surface area contributed by atoms with Crippen molar-refractivity contribution >= 4 is 60.5 Å². The third kappa shape index (κ3) is 5.55. The van der Waals surface area contributed by atoms with Gasteiger partial charge in [-0.1, -0.05) is 159 Å².